The molecule has 16 heavy (non-hydrogen) atoms. The number of aryl methyl sites for hydroxylation is 3. The van der Waals surface area contributed by atoms with E-state index in [1.54, 1.807) is 6.07 Å². The van der Waals surface area contributed by atoms with Gasteiger partial charge in [-0.2, -0.15) is 0 Å². The van der Waals surface area contributed by atoms with Crippen LogP contribution in [0.2, 0.25) is 0 Å². The summed E-state index contributed by atoms with van der Waals surface area (Å²) in [6.45, 7) is 6.16. The minimum absolute atomic E-state index is 0.355. The van der Waals surface area contributed by atoms with Gasteiger partial charge in [0.1, 0.15) is 5.75 Å². The lowest BCUT2D eigenvalue weighted by Crippen LogP contribution is -1.88. The van der Waals surface area contributed by atoms with Crippen LogP contribution in [0.25, 0.3) is 11.1 Å². The van der Waals surface area contributed by atoms with Gasteiger partial charge in [0.05, 0.1) is 0 Å². The third kappa shape index (κ3) is 1.81. The van der Waals surface area contributed by atoms with E-state index in [0.717, 1.165) is 16.7 Å². The molecule has 0 heterocycles. The molecule has 0 radical (unpaired) electrons. The normalized spacial score (nSPS) is 10.4. The molecule has 1 N–H and O–H groups in total. The second-order valence-electron chi connectivity index (χ2n) is 4.29. The molecule has 0 fully saturated rings. The zero-order chi connectivity index (χ0) is 11.7. The topological polar surface area (TPSA) is 20.2 Å². The number of rotatable bonds is 1. The van der Waals surface area contributed by atoms with Crippen LogP contribution in [0.3, 0.4) is 0 Å². The first-order valence-electron chi connectivity index (χ1n) is 5.46. The predicted molar refractivity (Wildman–Crippen MR) is 67.8 cm³/mol. The highest BCUT2D eigenvalue weighted by Crippen LogP contribution is 2.34. The Balaban J connectivity index is 2.72. The number of hydrogen-bond donors (Lipinski definition) is 1. The monoisotopic (exact) mass is 212 g/mol. The lowest BCUT2D eigenvalue weighted by molar-refractivity contribution is 0.477. The fourth-order valence-corrected chi connectivity index (χ4v) is 2.01. The van der Waals surface area contributed by atoms with E-state index < -0.39 is 0 Å². The zero-order valence-electron chi connectivity index (χ0n) is 9.91. The number of aromatic hydroxyl groups is 1. The second-order valence-corrected chi connectivity index (χ2v) is 4.29. The molecule has 0 aromatic heterocycles. The molecular weight excluding hydrogens is 196 g/mol. The Morgan fingerprint density at radius 2 is 1.62 bits per heavy atom. The van der Waals surface area contributed by atoms with Crippen LogP contribution >= 0.6 is 0 Å². The highest BCUT2D eigenvalue weighted by molar-refractivity contribution is 5.76. The van der Waals surface area contributed by atoms with E-state index >= 15 is 0 Å². The largest absolute Gasteiger partial charge is 0.507 e. The maximum Gasteiger partial charge on any atom is 0.123 e. The van der Waals surface area contributed by atoms with Crippen LogP contribution in [0.1, 0.15) is 16.7 Å². The molecule has 0 aliphatic rings. The van der Waals surface area contributed by atoms with E-state index in [-0.39, 0.29) is 0 Å². The first kappa shape index (κ1) is 10.7. The Morgan fingerprint density at radius 1 is 0.875 bits per heavy atom. The summed E-state index contributed by atoms with van der Waals surface area (Å²) in [6.07, 6.45) is 0. The maximum atomic E-state index is 9.96. The third-order valence-corrected chi connectivity index (χ3v) is 2.91. The highest BCUT2D eigenvalue weighted by Gasteiger charge is 2.09. The zero-order valence-corrected chi connectivity index (χ0v) is 9.91. The smallest absolute Gasteiger partial charge is 0.123 e. The maximum absolute atomic E-state index is 9.96. The Hall–Kier alpha value is -1.76. The van der Waals surface area contributed by atoms with Gasteiger partial charge in [-0.3, -0.25) is 0 Å². The van der Waals surface area contributed by atoms with Crippen molar-refractivity contribution < 1.29 is 5.11 Å². The molecule has 0 aliphatic heterocycles. The van der Waals surface area contributed by atoms with E-state index in [4.69, 9.17) is 0 Å². The number of phenols is 1. The van der Waals surface area contributed by atoms with Crippen molar-refractivity contribution >= 4 is 0 Å². The van der Waals surface area contributed by atoms with Crippen molar-refractivity contribution in [1.29, 1.82) is 0 Å². The van der Waals surface area contributed by atoms with Gasteiger partial charge in [0.25, 0.3) is 0 Å². The van der Waals surface area contributed by atoms with Crippen molar-refractivity contribution in [2.75, 3.05) is 0 Å². The molecule has 82 valence electrons. The molecule has 2 rings (SSSR count). The molecule has 1 nitrogen and oxygen atoms in total. The van der Waals surface area contributed by atoms with E-state index in [1.165, 1.54) is 11.1 Å². The standard InChI is InChI=1S/C15H16O/c1-10-7-8-11(2)13(9-10)15-12(3)5-4-6-14(15)16/h4-9,16H,1-3H3. The SMILES string of the molecule is Cc1ccc(C)c(-c2c(C)cccc2O)c1. The van der Waals surface area contributed by atoms with Gasteiger partial charge in [0.15, 0.2) is 0 Å². The van der Waals surface area contributed by atoms with E-state index in [0.29, 0.717) is 5.75 Å². The van der Waals surface area contributed by atoms with Crippen LogP contribution in [-0.4, -0.2) is 5.11 Å². The summed E-state index contributed by atoms with van der Waals surface area (Å²) in [5.74, 6) is 0.355. The first-order chi connectivity index (χ1) is 7.59. The van der Waals surface area contributed by atoms with Crippen molar-refractivity contribution in [2.45, 2.75) is 20.8 Å². The van der Waals surface area contributed by atoms with Gasteiger partial charge < -0.3 is 5.11 Å². The van der Waals surface area contributed by atoms with Gasteiger partial charge in [-0.25, -0.2) is 0 Å². The minimum atomic E-state index is 0.355. The van der Waals surface area contributed by atoms with Crippen molar-refractivity contribution in [3.8, 4) is 16.9 Å². The number of hydrogen-bond acceptors (Lipinski definition) is 1. The van der Waals surface area contributed by atoms with Crippen LogP contribution in [0.5, 0.6) is 5.75 Å². The lowest BCUT2D eigenvalue weighted by atomic mass is 9.94. The summed E-state index contributed by atoms with van der Waals surface area (Å²) in [5, 5.41) is 9.96. The Morgan fingerprint density at radius 3 is 2.31 bits per heavy atom. The van der Waals surface area contributed by atoms with Gasteiger partial charge in [-0.05, 0) is 43.5 Å². The molecule has 0 spiro atoms. The highest BCUT2D eigenvalue weighted by atomic mass is 16.3. The molecule has 0 saturated carbocycles. The molecule has 0 unspecified atom stereocenters. The molecule has 2 aromatic rings. The molecule has 0 amide bonds. The third-order valence-electron chi connectivity index (χ3n) is 2.91. The van der Waals surface area contributed by atoms with Gasteiger partial charge in [-0.1, -0.05) is 35.9 Å². The first-order valence-corrected chi connectivity index (χ1v) is 5.46. The van der Waals surface area contributed by atoms with E-state index in [1.807, 2.05) is 19.1 Å². The minimum Gasteiger partial charge on any atom is -0.507 e. The molecule has 0 bridgehead atoms. The summed E-state index contributed by atoms with van der Waals surface area (Å²) in [7, 11) is 0. The Kier molecular flexibility index (Phi) is 2.69. The van der Waals surface area contributed by atoms with Crippen LogP contribution in [0.4, 0.5) is 0 Å². The average Bonchev–Trinajstić information content (AvgIpc) is 2.23. The molecule has 0 aliphatic carbocycles. The van der Waals surface area contributed by atoms with Crippen LogP contribution in [0, 0.1) is 20.8 Å². The van der Waals surface area contributed by atoms with Crippen molar-refractivity contribution in [3.63, 3.8) is 0 Å². The second kappa shape index (κ2) is 4.01. The summed E-state index contributed by atoms with van der Waals surface area (Å²) in [4.78, 5) is 0. The van der Waals surface area contributed by atoms with Crippen molar-refractivity contribution in [1.82, 2.24) is 0 Å². The van der Waals surface area contributed by atoms with E-state index in [9.17, 15) is 5.11 Å². The predicted octanol–water partition coefficient (Wildman–Crippen LogP) is 3.98. The van der Waals surface area contributed by atoms with Gasteiger partial charge in [0, 0.05) is 5.56 Å². The van der Waals surface area contributed by atoms with Gasteiger partial charge in [-0.15, -0.1) is 0 Å². The molecular formula is C15H16O. The Bertz CT molecular complexity index is 507. The summed E-state index contributed by atoms with van der Waals surface area (Å²) in [5.41, 5.74) is 5.58. The molecule has 2 aromatic carbocycles. The average molecular weight is 212 g/mol. The van der Waals surface area contributed by atoms with Gasteiger partial charge in [0.2, 0.25) is 0 Å². The molecule has 0 atom stereocenters. The molecule has 1 heteroatoms. The lowest BCUT2D eigenvalue weighted by Gasteiger charge is -2.12. The van der Waals surface area contributed by atoms with Crippen LogP contribution in [-0.2, 0) is 0 Å². The summed E-state index contributed by atoms with van der Waals surface area (Å²) in [6, 6.07) is 11.9. The van der Waals surface area contributed by atoms with Crippen LogP contribution < -0.4 is 0 Å². The fourth-order valence-electron chi connectivity index (χ4n) is 2.01. The van der Waals surface area contributed by atoms with E-state index in [2.05, 4.69) is 32.0 Å². The molecule has 0 saturated heterocycles. The summed E-state index contributed by atoms with van der Waals surface area (Å²) >= 11 is 0. The van der Waals surface area contributed by atoms with Gasteiger partial charge >= 0.3 is 0 Å². The fraction of sp³-hybridized carbons (Fsp3) is 0.200. The quantitative estimate of drug-likeness (QED) is 0.758. The Labute approximate surface area is 96.4 Å². The van der Waals surface area contributed by atoms with Crippen molar-refractivity contribution in [2.24, 2.45) is 0 Å². The summed E-state index contributed by atoms with van der Waals surface area (Å²) < 4.78 is 0. The van der Waals surface area contributed by atoms with Crippen LogP contribution in [0.15, 0.2) is 36.4 Å². The van der Waals surface area contributed by atoms with Crippen molar-refractivity contribution in [3.05, 3.63) is 53.1 Å². The number of phenolic OH excluding ortho intramolecular Hbond substituents is 1. The number of benzene rings is 2.